The van der Waals surface area contributed by atoms with Crippen LogP contribution in [0.1, 0.15) is 49.3 Å². The smallest absolute Gasteiger partial charge is 0.360 e. The van der Waals surface area contributed by atoms with Crippen molar-refractivity contribution >= 4 is 45.9 Å². The van der Waals surface area contributed by atoms with Crippen LogP contribution >= 0.6 is 24.0 Å². The Morgan fingerprint density at radius 3 is 2.52 bits per heavy atom. The Balaban J connectivity index is 1.20. The van der Waals surface area contributed by atoms with E-state index in [0.717, 1.165) is 53.8 Å². The Kier molecular flexibility index (Phi) is 9.80. The van der Waals surface area contributed by atoms with Crippen LogP contribution in [0.4, 0.5) is 18.9 Å². The van der Waals surface area contributed by atoms with E-state index in [1.807, 2.05) is 42.5 Å². The highest BCUT2D eigenvalue weighted by molar-refractivity contribution is 8.15. The van der Waals surface area contributed by atoms with Gasteiger partial charge in [0.25, 0.3) is 0 Å². The molecule has 4 aromatic rings. The second-order valence-electron chi connectivity index (χ2n) is 10.4. The SMILES string of the molecule is CCCCc1ccccc1N1C(=O)CSC1=NC(=S)NCC(C)c1ccc(-c2ncn(-c3ccc(C(F)(F)F)cc3)n2)cc1. The van der Waals surface area contributed by atoms with Crippen molar-refractivity contribution < 1.29 is 18.0 Å². The number of aliphatic imine (C=N–C) groups is 1. The van der Waals surface area contributed by atoms with Crippen molar-refractivity contribution in [1.82, 2.24) is 20.1 Å². The van der Waals surface area contributed by atoms with Crippen molar-refractivity contribution in [3.05, 3.63) is 95.8 Å². The molecule has 5 rings (SSSR count). The van der Waals surface area contributed by atoms with Gasteiger partial charge in [0.2, 0.25) is 5.91 Å². The third-order valence-electron chi connectivity index (χ3n) is 7.24. The van der Waals surface area contributed by atoms with Crippen molar-refractivity contribution in [2.75, 3.05) is 17.2 Å². The molecule has 1 saturated heterocycles. The largest absolute Gasteiger partial charge is 0.416 e. The molecule has 12 heteroatoms. The highest BCUT2D eigenvalue weighted by Gasteiger charge is 2.32. The summed E-state index contributed by atoms with van der Waals surface area (Å²) in [6.45, 7) is 4.76. The number of carbonyl (C=O) groups is 1. The maximum absolute atomic E-state index is 12.9. The van der Waals surface area contributed by atoms with Crippen LogP contribution in [0.2, 0.25) is 0 Å². The third kappa shape index (κ3) is 7.36. The molecule has 1 aliphatic rings. The predicted octanol–water partition coefficient (Wildman–Crippen LogP) is 7.41. The second-order valence-corrected chi connectivity index (χ2v) is 11.7. The van der Waals surface area contributed by atoms with Crippen molar-refractivity contribution in [1.29, 1.82) is 0 Å². The number of amides is 1. The van der Waals surface area contributed by atoms with Crippen LogP contribution in [-0.4, -0.2) is 43.2 Å². The molecule has 0 saturated carbocycles. The van der Waals surface area contributed by atoms with E-state index >= 15 is 0 Å². The van der Waals surface area contributed by atoms with E-state index in [-0.39, 0.29) is 11.8 Å². The summed E-state index contributed by atoms with van der Waals surface area (Å²) in [5, 5.41) is 8.55. The third-order valence-corrected chi connectivity index (χ3v) is 8.40. The summed E-state index contributed by atoms with van der Waals surface area (Å²) in [4.78, 5) is 23.4. The number of thiocarbonyl (C=S) groups is 1. The highest BCUT2D eigenvalue weighted by atomic mass is 32.2. The van der Waals surface area contributed by atoms with E-state index in [9.17, 15) is 18.0 Å². The average Bonchev–Trinajstić information content (AvgIpc) is 3.66. The molecule has 1 aliphatic heterocycles. The van der Waals surface area contributed by atoms with Gasteiger partial charge in [0.15, 0.2) is 16.1 Å². The molecule has 7 nitrogen and oxygen atoms in total. The van der Waals surface area contributed by atoms with E-state index < -0.39 is 11.7 Å². The topological polar surface area (TPSA) is 75.4 Å². The first-order valence-electron chi connectivity index (χ1n) is 14.2. The fourth-order valence-corrected chi connectivity index (χ4v) is 5.85. The summed E-state index contributed by atoms with van der Waals surface area (Å²) in [7, 11) is 0. The van der Waals surface area contributed by atoms with Gasteiger partial charge >= 0.3 is 6.18 Å². The predicted molar refractivity (Wildman–Crippen MR) is 173 cm³/mol. The number of nitrogens with one attached hydrogen (secondary N) is 1. The zero-order chi connectivity index (χ0) is 31.3. The minimum Gasteiger partial charge on any atom is -0.360 e. The van der Waals surface area contributed by atoms with Crippen molar-refractivity contribution in [3.63, 3.8) is 0 Å². The maximum Gasteiger partial charge on any atom is 0.416 e. The molecule has 1 fully saturated rings. The van der Waals surface area contributed by atoms with Gasteiger partial charge in [0, 0.05) is 12.1 Å². The van der Waals surface area contributed by atoms with E-state index in [4.69, 9.17) is 12.2 Å². The molecule has 1 atom stereocenters. The summed E-state index contributed by atoms with van der Waals surface area (Å²) < 4.78 is 40.1. The summed E-state index contributed by atoms with van der Waals surface area (Å²) >= 11 is 6.92. The molecular formula is C32H31F3N6OS2. The molecule has 0 aliphatic carbocycles. The number of rotatable bonds is 9. The Morgan fingerprint density at radius 1 is 1.09 bits per heavy atom. The molecule has 2 heterocycles. The van der Waals surface area contributed by atoms with Gasteiger partial charge in [0.05, 0.1) is 22.7 Å². The molecular weight excluding hydrogens is 606 g/mol. The Bertz CT molecular complexity index is 1650. The number of hydrogen-bond donors (Lipinski definition) is 1. The van der Waals surface area contributed by atoms with E-state index in [0.29, 0.717) is 34.1 Å². The number of amidine groups is 1. The number of carbonyl (C=O) groups excluding carboxylic acids is 1. The number of unbranched alkanes of at least 4 members (excludes halogenated alkanes) is 1. The quantitative estimate of drug-likeness (QED) is 0.193. The van der Waals surface area contributed by atoms with Gasteiger partial charge in [-0.1, -0.05) is 74.5 Å². The van der Waals surface area contributed by atoms with Crippen molar-refractivity contribution in [2.45, 2.75) is 45.2 Å². The number of halogens is 3. The molecule has 0 radical (unpaired) electrons. The zero-order valence-corrected chi connectivity index (χ0v) is 25.8. The lowest BCUT2D eigenvalue weighted by Crippen LogP contribution is -2.32. The van der Waals surface area contributed by atoms with E-state index in [2.05, 4.69) is 40.3 Å². The lowest BCUT2D eigenvalue weighted by molar-refractivity contribution is -0.137. The second kappa shape index (κ2) is 13.7. The number of thioether (sulfide) groups is 1. The summed E-state index contributed by atoms with van der Waals surface area (Å²) in [6, 6.07) is 20.5. The lowest BCUT2D eigenvalue weighted by atomic mass is 10.00. The zero-order valence-electron chi connectivity index (χ0n) is 24.2. The monoisotopic (exact) mass is 636 g/mol. The van der Waals surface area contributed by atoms with Crippen LogP contribution in [0.5, 0.6) is 0 Å². The molecule has 1 aromatic heterocycles. The molecule has 228 valence electrons. The molecule has 1 unspecified atom stereocenters. The number of aryl methyl sites for hydroxylation is 1. The van der Waals surface area contributed by atoms with E-state index in [1.165, 1.54) is 34.9 Å². The minimum atomic E-state index is -4.39. The van der Waals surface area contributed by atoms with E-state index in [1.54, 1.807) is 4.90 Å². The highest BCUT2D eigenvalue weighted by Crippen LogP contribution is 2.31. The van der Waals surface area contributed by atoms with Gasteiger partial charge < -0.3 is 5.32 Å². The van der Waals surface area contributed by atoms with Crippen LogP contribution in [0, 0.1) is 0 Å². The van der Waals surface area contributed by atoms with Crippen LogP contribution < -0.4 is 10.2 Å². The molecule has 0 bridgehead atoms. The van der Waals surface area contributed by atoms with Crippen molar-refractivity contribution in [3.8, 4) is 17.1 Å². The first-order valence-corrected chi connectivity index (χ1v) is 15.6. The van der Waals surface area contributed by atoms with Gasteiger partial charge in [-0.15, -0.1) is 5.10 Å². The fraction of sp³-hybridized carbons (Fsp3) is 0.281. The number of alkyl halides is 3. The summed E-state index contributed by atoms with van der Waals surface area (Å²) in [6.07, 6.45) is 0.0861. The maximum atomic E-state index is 12.9. The molecule has 1 amide bonds. The lowest BCUT2D eigenvalue weighted by Gasteiger charge is -2.20. The van der Waals surface area contributed by atoms with Crippen LogP contribution in [-0.2, 0) is 17.4 Å². The first kappa shape index (κ1) is 31.4. The molecule has 3 aromatic carbocycles. The number of para-hydroxylation sites is 1. The number of anilines is 1. The summed E-state index contributed by atoms with van der Waals surface area (Å²) in [5.41, 5.74) is 3.60. The van der Waals surface area contributed by atoms with Gasteiger partial charge in [-0.3, -0.25) is 9.69 Å². The Morgan fingerprint density at radius 2 is 1.82 bits per heavy atom. The standard InChI is InChI=1S/C32H31F3N6OS2/c1-3-4-7-23-8-5-6-9-27(23)41-28(42)19-44-31(41)38-30(43)36-18-21(2)22-10-12-24(13-11-22)29-37-20-40(39-29)26-16-14-25(15-17-26)32(33,34)35/h5-6,8-17,20-21H,3-4,7,18-19H2,1-2H3,(H,36,43). The first-order chi connectivity index (χ1) is 21.1. The van der Waals surface area contributed by atoms with Gasteiger partial charge in [-0.25, -0.2) is 9.67 Å². The number of nitrogens with zero attached hydrogens (tertiary/aromatic N) is 5. The Hall–Kier alpha value is -4.03. The fourth-order valence-electron chi connectivity index (χ4n) is 4.76. The minimum absolute atomic E-state index is 0.00682. The Labute approximate surface area is 263 Å². The van der Waals surface area contributed by atoms with Crippen LogP contribution in [0.25, 0.3) is 17.1 Å². The van der Waals surface area contributed by atoms with Gasteiger partial charge in [-0.2, -0.15) is 18.2 Å². The number of hydrogen-bond acceptors (Lipinski definition) is 5. The van der Waals surface area contributed by atoms with Gasteiger partial charge in [-0.05, 0) is 72.4 Å². The summed E-state index contributed by atoms with van der Waals surface area (Å²) in [5.74, 6) is 0.879. The van der Waals surface area contributed by atoms with Crippen LogP contribution in [0.3, 0.4) is 0 Å². The van der Waals surface area contributed by atoms with Crippen molar-refractivity contribution in [2.24, 2.45) is 4.99 Å². The molecule has 44 heavy (non-hydrogen) atoms. The molecule has 0 spiro atoms. The van der Waals surface area contributed by atoms with Gasteiger partial charge in [0.1, 0.15) is 6.33 Å². The normalized spacial score (nSPS) is 15.2. The average molecular weight is 637 g/mol. The number of benzene rings is 3. The van der Waals surface area contributed by atoms with Crippen LogP contribution in [0.15, 0.2) is 84.1 Å². The number of aromatic nitrogens is 3. The molecule has 1 N–H and O–H groups in total.